The fourth-order valence-electron chi connectivity index (χ4n) is 3.20. The summed E-state index contributed by atoms with van der Waals surface area (Å²) in [6.45, 7) is 0. The number of nitrogens with two attached hydrogens (primary N) is 1. The Kier molecular flexibility index (Phi) is 4.43. The third-order valence-corrected chi connectivity index (χ3v) is 4.53. The van der Waals surface area contributed by atoms with E-state index in [1.807, 2.05) is 6.07 Å². The first kappa shape index (κ1) is 15.0. The van der Waals surface area contributed by atoms with Crippen molar-refractivity contribution in [2.45, 2.75) is 38.1 Å². The molecular formula is C17H22FN3O. The summed E-state index contributed by atoms with van der Waals surface area (Å²) in [6.07, 6.45) is 7.84. The summed E-state index contributed by atoms with van der Waals surface area (Å²) < 4.78 is 18.7. The summed E-state index contributed by atoms with van der Waals surface area (Å²) in [5.74, 6) is 1.13. The Morgan fingerprint density at radius 3 is 2.77 bits per heavy atom. The zero-order chi connectivity index (χ0) is 15.5. The van der Waals surface area contributed by atoms with Crippen LogP contribution in [0.2, 0.25) is 0 Å². The van der Waals surface area contributed by atoms with Crippen LogP contribution in [0.15, 0.2) is 24.4 Å². The maximum absolute atomic E-state index is 13.8. The lowest BCUT2D eigenvalue weighted by atomic mass is 9.84. The van der Waals surface area contributed by atoms with E-state index in [4.69, 9.17) is 10.5 Å². The van der Waals surface area contributed by atoms with Gasteiger partial charge in [0.15, 0.2) is 11.6 Å². The van der Waals surface area contributed by atoms with Gasteiger partial charge in [0, 0.05) is 5.56 Å². The Labute approximate surface area is 129 Å². The molecule has 5 heteroatoms. The molecule has 1 aromatic carbocycles. The fourth-order valence-corrected chi connectivity index (χ4v) is 3.20. The molecular weight excluding hydrogens is 281 g/mol. The number of methoxy groups -OCH3 is 1. The van der Waals surface area contributed by atoms with E-state index in [1.54, 1.807) is 12.3 Å². The van der Waals surface area contributed by atoms with Crippen LogP contribution in [0.3, 0.4) is 0 Å². The Morgan fingerprint density at radius 2 is 2.09 bits per heavy atom. The van der Waals surface area contributed by atoms with Gasteiger partial charge in [-0.3, -0.25) is 0 Å². The number of imidazole rings is 1. The van der Waals surface area contributed by atoms with Crippen molar-refractivity contribution >= 4 is 0 Å². The normalized spacial score (nSPS) is 17.4. The number of halogens is 1. The Hall–Kier alpha value is -1.88. The van der Waals surface area contributed by atoms with Gasteiger partial charge in [-0.05, 0) is 37.0 Å². The predicted molar refractivity (Wildman–Crippen MR) is 84.0 cm³/mol. The van der Waals surface area contributed by atoms with Crippen molar-refractivity contribution in [1.29, 1.82) is 0 Å². The van der Waals surface area contributed by atoms with Crippen LogP contribution < -0.4 is 10.5 Å². The molecule has 0 amide bonds. The van der Waals surface area contributed by atoms with Gasteiger partial charge in [0.25, 0.3) is 0 Å². The lowest BCUT2D eigenvalue weighted by Gasteiger charge is -2.26. The van der Waals surface area contributed by atoms with E-state index >= 15 is 0 Å². The van der Waals surface area contributed by atoms with E-state index in [2.05, 4.69) is 9.97 Å². The second-order valence-electron chi connectivity index (χ2n) is 5.96. The number of ether oxygens (including phenoxy) is 1. The number of aromatic amines is 1. The first-order chi connectivity index (χ1) is 10.7. The lowest BCUT2D eigenvalue weighted by Crippen LogP contribution is -2.24. The SMILES string of the molecule is COc1ccc(-c2cnc([C@@H](N)C3CCCCC3)[nH]2)cc1F. The number of rotatable bonds is 4. The molecule has 0 unspecified atom stereocenters. The van der Waals surface area contributed by atoms with Crippen molar-refractivity contribution in [2.24, 2.45) is 11.7 Å². The Balaban J connectivity index is 1.79. The van der Waals surface area contributed by atoms with Crippen molar-refractivity contribution in [3.8, 4) is 17.0 Å². The molecule has 1 aliphatic carbocycles. The van der Waals surface area contributed by atoms with Crippen LogP contribution in [0.5, 0.6) is 5.75 Å². The van der Waals surface area contributed by atoms with E-state index in [-0.39, 0.29) is 17.6 Å². The topological polar surface area (TPSA) is 63.9 Å². The maximum Gasteiger partial charge on any atom is 0.165 e. The predicted octanol–water partition coefficient (Wildman–Crippen LogP) is 3.80. The van der Waals surface area contributed by atoms with Crippen LogP contribution in [0.4, 0.5) is 4.39 Å². The van der Waals surface area contributed by atoms with Gasteiger partial charge in [-0.1, -0.05) is 19.3 Å². The van der Waals surface area contributed by atoms with Crippen LogP contribution in [0.1, 0.15) is 44.0 Å². The summed E-state index contributed by atoms with van der Waals surface area (Å²) in [5.41, 5.74) is 7.87. The van der Waals surface area contributed by atoms with Crippen LogP contribution in [-0.2, 0) is 0 Å². The molecule has 0 bridgehead atoms. The number of hydrogen-bond donors (Lipinski definition) is 2. The first-order valence-electron chi connectivity index (χ1n) is 7.83. The maximum atomic E-state index is 13.8. The lowest BCUT2D eigenvalue weighted by molar-refractivity contribution is 0.302. The third kappa shape index (κ3) is 2.99. The summed E-state index contributed by atoms with van der Waals surface area (Å²) >= 11 is 0. The van der Waals surface area contributed by atoms with Gasteiger partial charge in [-0.25, -0.2) is 9.37 Å². The minimum Gasteiger partial charge on any atom is -0.494 e. The van der Waals surface area contributed by atoms with Crippen molar-refractivity contribution in [1.82, 2.24) is 9.97 Å². The molecule has 2 aromatic rings. The largest absolute Gasteiger partial charge is 0.494 e. The molecule has 4 nitrogen and oxygen atoms in total. The number of aromatic nitrogens is 2. The molecule has 1 atom stereocenters. The van der Waals surface area contributed by atoms with Crippen LogP contribution in [-0.4, -0.2) is 17.1 Å². The highest BCUT2D eigenvalue weighted by molar-refractivity contribution is 5.60. The smallest absolute Gasteiger partial charge is 0.165 e. The number of nitrogens with one attached hydrogen (secondary N) is 1. The van der Waals surface area contributed by atoms with Crippen LogP contribution in [0, 0.1) is 11.7 Å². The van der Waals surface area contributed by atoms with E-state index in [0.29, 0.717) is 5.92 Å². The molecule has 22 heavy (non-hydrogen) atoms. The Bertz CT molecular complexity index is 635. The van der Waals surface area contributed by atoms with Gasteiger partial charge in [0.2, 0.25) is 0 Å². The van der Waals surface area contributed by atoms with Gasteiger partial charge < -0.3 is 15.5 Å². The van der Waals surface area contributed by atoms with Gasteiger partial charge >= 0.3 is 0 Å². The zero-order valence-corrected chi connectivity index (χ0v) is 12.8. The minimum atomic E-state index is -0.382. The zero-order valence-electron chi connectivity index (χ0n) is 12.8. The van der Waals surface area contributed by atoms with E-state index < -0.39 is 0 Å². The highest BCUT2D eigenvalue weighted by atomic mass is 19.1. The molecule has 0 aliphatic heterocycles. The number of hydrogen-bond acceptors (Lipinski definition) is 3. The molecule has 1 saturated carbocycles. The van der Waals surface area contributed by atoms with Gasteiger partial charge in [0.1, 0.15) is 5.82 Å². The highest BCUT2D eigenvalue weighted by Crippen LogP contribution is 2.33. The summed E-state index contributed by atoms with van der Waals surface area (Å²) in [6, 6.07) is 4.80. The second kappa shape index (κ2) is 6.48. The molecule has 1 heterocycles. The summed E-state index contributed by atoms with van der Waals surface area (Å²) in [5, 5.41) is 0. The third-order valence-electron chi connectivity index (χ3n) is 4.53. The molecule has 1 fully saturated rings. The first-order valence-corrected chi connectivity index (χ1v) is 7.83. The molecule has 118 valence electrons. The molecule has 0 saturated heterocycles. The van der Waals surface area contributed by atoms with Gasteiger partial charge in [-0.2, -0.15) is 0 Å². The molecule has 3 rings (SSSR count). The summed E-state index contributed by atoms with van der Waals surface area (Å²) in [4.78, 5) is 7.65. The average Bonchev–Trinajstić information content (AvgIpc) is 3.05. The number of benzene rings is 1. The monoisotopic (exact) mass is 303 g/mol. The van der Waals surface area contributed by atoms with Crippen molar-refractivity contribution < 1.29 is 9.13 Å². The second-order valence-corrected chi connectivity index (χ2v) is 5.96. The molecule has 3 N–H and O–H groups in total. The van der Waals surface area contributed by atoms with Crippen LogP contribution >= 0.6 is 0 Å². The quantitative estimate of drug-likeness (QED) is 0.903. The van der Waals surface area contributed by atoms with Crippen molar-refractivity contribution in [2.75, 3.05) is 7.11 Å². The Morgan fingerprint density at radius 1 is 1.32 bits per heavy atom. The molecule has 0 radical (unpaired) electrons. The van der Waals surface area contributed by atoms with E-state index in [9.17, 15) is 4.39 Å². The number of nitrogens with zero attached hydrogens (tertiary/aromatic N) is 1. The molecule has 0 spiro atoms. The van der Waals surface area contributed by atoms with Gasteiger partial charge in [-0.15, -0.1) is 0 Å². The fraction of sp³-hybridized carbons (Fsp3) is 0.471. The summed E-state index contributed by atoms with van der Waals surface area (Å²) in [7, 11) is 1.45. The van der Waals surface area contributed by atoms with E-state index in [0.717, 1.165) is 29.9 Å². The minimum absolute atomic E-state index is 0.0721. The number of H-pyrrole nitrogens is 1. The molecule has 1 aliphatic rings. The van der Waals surface area contributed by atoms with E-state index in [1.165, 1.54) is 32.4 Å². The highest BCUT2D eigenvalue weighted by Gasteiger charge is 2.24. The average molecular weight is 303 g/mol. The standard InChI is InChI=1S/C17H22FN3O/c1-22-15-8-7-12(9-13(15)18)14-10-20-17(21-14)16(19)11-5-3-2-4-6-11/h7-11,16H,2-6,19H2,1H3,(H,20,21)/t16-/m0/s1. The van der Waals surface area contributed by atoms with Crippen molar-refractivity contribution in [3.05, 3.63) is 36.0 Å². The van der Waals surface area contributed by atoms with Crippen LogP contribution in [0.25, 0.3) is 11.3 Å². The molecule has 1 aromatic heterocycles. The van der Waals surface area contributed by atoms with Gasteiger partial charge in [0.05, 0.1) is 25.0 Å². The van der Waals surface area contributed by atoms with Crippen molar-refractivity contribution in [3.63, 3.8) is 0 Å².